The molecule has 2 N–H and O–H groups in total. The van der Waals surface area contributed by atoms with E-state index in [4.69, 9.17) is 16.7 Å². The van der Waals surface area contributed by atoms with E-state index >= 15 is 0 Å². The van der Waals surface area contributed by atoms with Gasteiger partial charge in [-0.05, 0) is 24.3 Å². The van der Waals surface area contributed by atoms with Crippen molar-refractivity contribution in [2.24, 2.45) is 0 Å². The Bertz CT molecular complexity index is 607. The highest BCUT2D eigenvalue weighted by Crippen LogP contribution is 2.20. The Morgan fingerprint density at radius 3 is 2.78 bits per heavy atom. The molecule has 0 aliphatic rings. The second-order valence-corrected chi connectivity index (χ2v) is 3.76. The van der Waals surface area contributed by atoms with Crippen LogP contribution in [0.3, 0.4) is 0 Å². The van der Waals surface area contributed by atoms with Crippen molar-refractivity contribution in [2.45, 2.75) is 0 Å². The molecule has 0 atom stereocenters. The standard InChI is InChI=1S/C11H7ClFN3O2/c12-9-5-8(11(17)18)10(16-15-9)14-7-3-1-2-6(13)4-7/h1-5H,(H,14,16)(H,17,18). The van der Waals surface area contributed by atoms with Crippen LogP contribution in [0.15, 0.2) is 30.3 Å². The topological polar surface area (TPSA) is 75.1 Å². The van der Waals surface area contributed by atoms with Crippen molar-refractivity contribution in [1.29, 1.82) is 0 Å². The number of rotatable bonds is 3. The molecule has 0 unspecified atom stereocenters. The zero-order valence-electron chi connectivity index (χ0n) is 8.89. The van der Waals surface area contributed by atoms with Crippen molar-refractivity contribution in [3.8, 4) is 0 Å². The number of carboxylic acids is 1. The highest BCUT2D eigenvalue weighted by atomic mass is 35.5. The molecule has 0 fully saturated rings. The molecule has 0 saturated heterocycles. The molecular weight excluding hydrogens is 261 g/mol. The molecule has 18 heavy (non-hydrogen) atoms. The summed E-state index contributed by atoms with van der Waals surface area (Å²) >= 11 is 5.56. The Kier molecular flexibility index (Phi) is 3.38. The molecule has 1 heterocycles. The molecule has 5 nitrogen and oxygen atoms in total. The van der Waals surface area contributed by atoms with Crippen LogP contribution in [0.5, 0.6) is 0 Å². The summed E-state index contributed by atoms with van der Waals surface area (Å²) in [6, 6.07) is 6.71. The Labute approximate surface area is 106 Å². The highest BCUT2D eigenvalue weighted by Gasteiger charge is 2.13. The third kappa shape index (κ3) is 2.72. The van der Waals surface area contributed by atoms with E-state index in [-0.39, 0.29) is 16.5 Å². The van der Waals surface area contributed by atoms with Crippen LogP contribution in [0.1, 0.15) is 10.4 Å². The molecule has 0 amide bonds. The smallest absolute Gasteiger partial charge is 0.339 e. The lowest BCUT2D eigenvalue weighted by atomic mass is 10.2. The second-order valence-electron chi connectivity index (χ2n) is 3.37. The first-order valence-corrected chi connectivity index (χ1v) is 5.23. The van der Waals surface area contributed by atoms with Crippen LogP contribution >= 0.6 is 11.6 Å². The molecule has 92 valence electrons. The maximum Gasteiger partial charge on any atom is 0.339 e. The minimum absolute atomic E-state index is 0.00231. The van der Waals surface area contributed by atoms with Crippen LogP contribution < -0.4 is 5.32 Å². The first kappa shape index (κ1) is 12.3. The predicted molar refractivity (Wildman–Crippen MR) is 63.7 cm³/mol. The molecule has 2 aromatic rings. The van der Waals surface area contributed by atoms with Gasteiger partial charge >= 0.3 is 5.97 Å². The zero-order valence-corrected chi connectivity index (χ0v) is 9.65. The average Bonchev–Trinajstić information content (AvgIpc) is 2.31. The van der Waals surface area contributed by atoms with Crippen molar-refractivity contribution < 1.29 is 14.3 Å². The summed E-state index contributed by atoms with van der Waals surface area (Å²) < 4.78 is 13.0. The van der Waals surface area contributed by atoms with Crippen LogP contribution in [-0.2, 0) is 0 Å². The number of nitrogens with one attached hydrogen (secondary N) is 1. The summed E-state index contributed by atoms with van der Waals surface area (Å²) in [7, 11) is 0. The van der Waals surface area contributed by atoms with E-state index in [0.29, 0.717) is 5.69 Å². The Morgan fingerprint density at radius 2 is 2.11 bits per heavy atom. The number of anilines is 2. The number of nitrogens with zero attached hydrogens (tertiary/aromatic N) is 2. The highest BCUT2D eigenvalue weighted by molar-refractivity contribution is 6.29. The van der Waals surface area contributed by atoms with Gasteiger partial charge in [0.25, 0.3) is 0 Å². The van der Waals surface area contributed by atoms with E-state index in [1.54, 1.807) is 6.07 Å². The number of aromatic carboxylic acids is 1. The van der Waals surface area contributed by atoms with Crippen molar-refractivity contribution in [2.75, 3.05) is 5.32 Å². The summed E-state index contributed by atoms with van der Waals surface area (Å²) in [5, 5.41) is 18.8. The normalized spacial score (nSPS) is 10.1. The largest absolute Gasteiger partial charge is 0.478 e. The number of hydrogen-bond acceptors (Lipinski definition) is 4. The molecule has 0 radical (unpaired) electrons. The third-order valence-electron chi connectivity index (χ3n) is 2.08. The van der Waals surface area contributed by atoms with Crippen LogP contribution in [0, 0.1) is 5.82 Å². The van der Waals surface area contributed by atoms with E-state index in [2.05, 4.69) is 15.5 Å². The van der Waals surface area contributed by atoms with E-state index in [1.807, 2.05) is 0 Å². The number of carbonyl (C=O) groups is 1. The minimum atomic E-state index is -1.20. The Morgan fingerprint density at radius 1 is 1.33 bits per heavy atom. The number of hydrogen-bond donors (Lipinski definition) is 2. The van der Waals surface area contributed by atoms with E-state index in [9.17, 15) is 9.18 Å². The average molecular weight is 268 g/mol. The molecule has 1 aromatic heterocycles. The van der Waals surface area contributed by atoms with Gasteiger partial charge in [-0.25, -0.2) is 9.18 Å². The molecular formula is C11H7ClFN3O2. The predicted octanol–water partition coefficient (Wildman–Crippen LogP) is 2.71. The molecule has 0 bridgehead atoms. The fourth-order valence-electron chi connectivity index (χ4n) is 1.33. The van der Waals surface area contributed by atoms with Gasteiger partial charge in [-0.15, -0.1) is 10.2 Å². The summed E-state index contributed by atoms with van der Waals surface area (Å²) in [6.45, 7) is 0. The van der Waals surface area contributed by atoms with Crippen molar-refractivity contribution >= 4 is 29.1 Å². The minimum Gasteiger partial charge on any atom is -0.478 e. The maximum atomic E-state index is 13.0. The molecule has 2 rings (SSSR count). The van der Waals surface area contributed by atoms with E-state index in [0.717, 1.165) is 0 Å². The summed E-state index contributed by atoms with van der Waals surface area (Å²) in [5.74, 6) is -1.65. The SMILES string of the molecule is O=C(O)c1cc(Cl)nnc1Nc1cccc(F)c1. The van der Waals surface area contributed by atoms with Crippen molar-refractivity contribution in [3.63, 3.8) is 0 Å². The number of carboxylic acid groups (broad SMARTS) is 1. The van der Waals surface area contributed by atoms with Crippen molar-refractivity contribution in [1.82, 2.24) is 10.2 Å². The number of halogens is 2. The van der Waals surface area contributed by atoms with E-state index < -0.39 is 11.8 Å². The maximum absolute atomic E-state index is 13.0. The lowest BCUT2D eigenvalue weighted by Crippen LogP contribution is -2.06. The zero-order chi connectivity index (χ0) is 13.1. The van der Waals surface area contributed by atoms with Gasteiger partial charge in [0.15, 0.2) is 11.0 Å². The van der Waals surface area contributed by atoms with Gasteiger partial charge in [-0.2, -0.15) is 0 Å². The third-order valence-corrected chi connectivity index (χ3v) is 2.27. The van der Waals surface area contributed by atoms with Gasteiger partial charge in [-0.1, -0.05) is 17.7 Å². The first-order valence-electron chi connectivity index (χ1n) is 4.85. The van der Waals surface area contributed by atoms with Crippen LogP contribution in [0.25, 0.3) is 0 Å². The fourth-order valence-corrected chi connectivity index (χ4v) is 1.47. The summed E-state index contributed by atoms with van der Waals surface area (Å²) in [4.78, 5) is 11.0. The fraction of sp³-hybridized carbons (Fsp3) is 0. The summed E-state index contributed by atoms with van der Waals surface area (Å²) in [6.07, 6.45) is 0. The van der Waals surface area contributed by atoms with Crippen LogP contribution in [0.4, 0.5) is 15.9 Å². The molecule has 0 aliphatic heterocycles. The van der Waals surface area contributed by atoms with Crippen LogP contribution in [-0.4, -0.2) is 21.3 Å². The number of benzene rings is 1. The Balaban J connectivity index is 2.37. The Hall–Kier alpha value is -2.21. The monoisotopic (exact) mass is 267 g/mol. The van der Waals surface area contributed by atoms with Gasteiger partial charge in [0.2, 0.25) is 0 Å². The van der Waals surface area contributed by atoms with Gasteiger partial charge in [-0.3, -0.25) is 0 Å². The van der Waals surface area contributed by atoms with Gasteiger partial charge in [0, 0.05) is 5.69 Å². The second kappa shape index (κ2) is 4.97. The first-order chi connectivity index (χ1) is 8.56. The molecule has 7 heteroatoms. The summed E-state index contributed by atoms with van der Waals surface area (Å²) in [5.41, 5.74) is 0.230. The molecule has 0 spiro atoms. The molecule has 1 aromatic carbocycles. The lowest BCUT2D eigenvalue weighted by molar-refractivity contribution is 0.0697. The quantitative estimate of drug-likeness (QED) is 0.894. The van der Waals surface area contributed by atoms with Crippen molar-refractivity contribution in [3.05, 3.63) is 46.9 Å². The molecule has 0 saturated carbocycles. The van der Waals surface area contributed by atoms with E-state index in [1.165, 1.54) is 24.3 Å². The number of aromatic nitrogens is 2. The van der Waals surface area contributed by atoms with Gasteiger partial charge in [0.05, 0.1) is 0 Å². The van der Waals surface area contributed by atoms with Gasteiger partial charge in [0.1, 0.15) is 11.4 Å². The van der Waals surface area contributed by atoms with Crippen LogP contribution in [0.2, 0.25) is 5.15 Å². The van der Waals surface area contributed by atoms with Gasteiger partial charge < -0.3 is 10.4 Å². The lowest BCUT2D eigenvalue weighted by Gasteiger charge is -2.07. The molecule has 0 aliphatic carbocycles.